The molecule has 1 unspecified atom stereocenters. The molecule has 6 heteroatoms. The van der Waals surface area contributed by atoms with Crippen LogP contribution in [-0.4, -0.2) is 38.3 Å². The molecule has 0 aromatic carbocycles. The van der Waals surface area contributed by atoms with Gasteiger partial charge in [0.15, 0.2) is 0 Å². The summed E-state index contributed by atoms with van der Waals surface area (Å²) in [6.07, 6.45) is 1.88. The van der Waals surface area contributed by atoms with Crippen molar-refractivity contribution in [1.82, 2.24) is 4.72 Å². The average molecular weight is 316 g/mol. The fraction of sp³-hybridized carbons (Fsp3) is 1.00. The van der Waals surface area contributed by atoms with E-state index in [2.05, 4.69) is 20.7 Å². The molecule has 1 atom stereocenters. The normalized spacial score (nSPS) is 14.3. The van der Waals surface area contributed by atoms with E-state index in [-0.39, 0.29) is 24.5 Å². The van der Waals surface area contributed by atoms with Gasteiger partial charge >= 0.3 is 0 Å². The Morgan fingerprint density at radius 1 is 1.31 bits per heavy atom. The number of sulfonamides is 1. The van der Waals surface area contributed by atoms with Gasteiger partial charge in [-0.2, -0.15) is 0 Å². The van der Waals surface area contributed by atoms with Gasteiger partial charge in [0.2, 0.25) is 10.0 Å². The molecule has 0 aliphatic heterocycles. The van der Waals surface area contributed by atoms with Gasteiger partial charge in [-0.1, -0.05) is 15.9 Å². The van der Waals surface area contributed by atoms with Gasteiger partial charge < -0.3 is 4.74 Å². The van der Waals surface area contributed by atoms with Crippen molar-refractivity contribution in [3.05, 3.63) is 0 Å². The van der Waals surface area contributed by atoms with E-state index in [1.165, 1.54) is 0 Å². The van der Waals surface area contributed by atoms with Crippen molar-refractivity contribution in [2.45, 2.75) is 45.8 Å². The van der Waals surface area contributed by atoms with Crippen LogP contribution >= 0.6 is 15.9 Å². The molecule has 0 aliphatic carbocycles. The van der Waals surface area contributed by atoms with Crippen LogP contribution in [0.25, 0.3) is 0 Å². The standard InChI is InChI=1S/C10H22BrNO3S/c1-9(2)15-7-8-16(13,14)12-10(3)5-4-6-11/h9-10,12H,4-8H2,1-3H3. The van der Waals surface area contributed by atoms with Crippen LogP contribution in [0.5, 0.6) is 0 Å². The smallest absolute Gasteiger partial charge is 0.214 e. The molecule has 0 aromatic rings. The second-order valence-corrected chi connectivity index (χ2v) is 6.75. The Bertz CT molecular complexity index is 267. The molecule has 0 rings (SSSR count). The minimum atomic E-state index is -3.20. The van der Waals surface area contributed by atoms with E-state index < -0.39 is 10.0 Å². The molecule has 0 fully saturated rings. The Morgan fingerprint density at radius 2 is 1.94 bits per heavy atom. The topological polar surface area (TPSA) is 55.4 Å². The molecule has 4 nitrogen and oxygen atoms in total. The Labute approximate surface area is 107 Å². The number of nitrogens with one attached hydrogen (secondary N) is 1. The van der Waals surface area contributed by atoms with Crippen molar-refractivity contribution in [2.75, 3.05) is 17.7 Å². The molecule has 0 spiro atoms. The zero-order valence-corrected chi connectivity index (χ0v) is 12.6. The second-order valence-electron chi connectivity index (χ2n) is 4.09. The highest BCUT2D eigenvalue weighted by Gasteiger charge is 2.14. The fourth-order valence-electron chi connectivity index (χ4n) is 1.20. The minimum Gasteiger partial charge on any atom is -0.378 e. The summed E-state index contributed by atoms with van der Waals surface area (Å²) >= 11 is 3.32. The lowest BCUT2D eigenvalue weighted by Gasteiger charge is -2.14. The highest BCUT2D eigenvalue weighted by atomic mass is 79.9. The molecular weight excluding hydrogens is 294 g/mol. The Balaban J connectivity index is 3.85. The third kappa shape index (κ3) is 9.57. The van der Waals surface area contributed by atoms with Crippen LogP contribution in [0.3, 0.4) is 0 Å². The molecule has 16 heavy (non-hydrogen) atoms. The van der Waals surface area contributed by atoms with Crippen molar-refractivity contribution >= 4 is 26.0 Å². The lowest BCUT2D eigenvalue weighted by atomic mass is 10.2. The summed E-state index contributed by atoms with van der Waals surface area (Å²) in [6.45, 7) is 5.90. The lowest BCUT2D eigenvalue weighted by Crippen LogP contribution is -2.35. The molecule has 0 saturated heterocycles. The van der Waals surface area contributed by atoms with Gasteiger partial charge in [0.1, 0.15) is 0 Å². The number of alkyl halides is 1. The van der Waals surface area contributed by atoms with Crippen LogP contribution in [0.2, 0.25) is 0 Å². The average Bonchev–Trinajstić information content (AvgIpc) is 2.12. The molecule has 0 saturated carbocycles. The lowest BCUT2D eigenvalue weighted by molar-refractivity contribution is 0.0911. The minimum absolute atomic E-state index is 0.0124. The molecule has 0 radical (unpaired) electrons. The maximum Gasteiger partial charge on any atom is 0.214 e. The monoisotopic (exact) mass is 315 g/mol. The van der Waals surface area contributed by atoms with E-state index in [1.54, 1.807) is 0 Å². The van der Waals surface area contributed by atoms with Crippen molar-refractivity contribution in [2.24, 2.45) is 0 Å². The molecular formula is C10H22BrNO3S. The van der Waals surface area contributed by atoms with Crippen LogP contribution < -0.4 is 4.72 Å². The summed E-state index contributed by atoms with van der Waals surface area (Å²) in [5.74, 6) is 0.0316. The highest BCUT2D eigenvalue weighted by Crippen LogP contribution is 2.01. The first-order valence-corrected chi connectivity index (χ1v) is 8.32. The Hall–Kier alpha value is 0.350. The maximum absolute atomic E-state index is 11.6. The summed E-state index contributed by atoms with van der Waals surface area (Å²) < 4.78 is 31.0. The first kappa shape index (κ1) is 16.4. The third-order valence-corrected chi connectivity index (χ3v) is 3.98. The van der Waals surface area contributed by atoms with E-state index in [0.29, 0.717) is 0 Å². The van der Waals surface area contributed by atoms with Crippen molar-refractivity contribution in [1.29, 1.82) is 0 Å². The summed E-state index contributed by atoms with van der Waals surface area (Å²) in [6, 6.07) is -0.0124. The molecule has 0 heterocycles. The predicted octanol–water partition coefficient (Wildman–Crippen LogP) is 1.89. The van der Waals surface area contributed by atoms with Gasteiger partial charge in [-0.25, -0.2) is 13.1 Å². The van der Waals surface area contributed by atoms with Crippen LogP contribution in [0.4, 0.5) is 0 Å². The van der Waals surface area contributed by atoms with E-state index in [9.17, 15) is 8.42 Å². The highest BCUT2D eigenvalue weighted by molar-refractivity contribution is 9.09. The molecule has 1 N–H and O–H groups in total. The van der Waals surface area contributed by atoms with Crippen molar-refractivity contribution in [3.8, 4) is 0 Å². The van der Waals surface area contributed by atoms with Gasteiger partial charge in [0.05, 0.1) is 18.5 Å². The van der Waals surface area contributed by atoms with Gasteiger partial charge in [-0.15, -0.1) is 0 Å². The maximum atomic E-state index is 11.6. The first-order valence-electron chi connectivity index (χ1n) is 5.55. The van der Waals surface area contributed by atoms with Crippen LogP contribution in [-0.2, 0) is 14.8 Å². The van der Waals surface area contributed by atoms with Crippen LogP contribution in [0.1, 0.15) is 33.6 Å². The zero-order chi connectivity index (χ0) is 12.6. The van der Waals surface area contributed by atoms with Crippen molar-refractivity contribution < 1.29 is 13.2 Å². The van der Waals surface area contributed by atoms with Gasteiger partial charge in [-0.05, 0) is 33.6 Å². The van der Waals surface area contributed by atoms with Gasteiger partial charge in [0, 0.05) is 11.4 Å². The Kier molecular flexibility index (Phi) is 8.63. The molecule has 0 amide bonds. The SMILES string of the molecule is CC(CCCBr)NS(=O)(=O)CCOC(C)C. The molecule has 0 aromatic heterocycles. The van der Waals surface area contributed by atoms with Crippen LogP contribution in [0, 0.1) is 0 Å². The zero-order valence-electron chi connectivity index (χ0n) is 10.2. The third-order valence-electron chi connectivity index (χ3n) is 1.95. The quantitative estimate of drug-likeness (QED) is 0.661. The van der Waals surface area contributed by atoms with Gasteiger partial charge in [0.25, 0.3) is 0 Å². The van der Waals surface area contributed by atoms with Crippen LogP contribution in [0.15, 0.2) is 0 Å². The second kappa shape index (κ2) is 8.44. The number of rotatable bonds is 9. The molecule has 98 valence electrons. The van der Waals surface area contributed by atoms with E-state index in [1.807, 2.05) is 20.8 Å². The number of halogens is 1. The van der Waals surface area contributed by atoms with E-state index in [4.69, 9.17) is 4.74 Å². The largest absolute Gasteiger partial charge is 0.378 e. The molecule has 0 aliphatic rings. The number of hydrogen-bond acceptors (Lipinski definition) is 3. The Morgan fingerprint density at radius 3 is 2.44 bits per heavy atom. The van der Waals surface area contributed by atoms with Gasteiger partial charge in [-0.3, -0.25) is 0 Å². The van der Waals surface area contributed by atoms with E-state index in [0.717, 1.165) is 18.2 Å². The first-order chi connectivity index (χ1) is 7.37. The predicted molar refractivity (Wildman–Crippen MR) is 70.5 cm³/mol. The summed E-state index contributed by atoms with van der Waals surface area (Å²) in [5, 5.41) is 0.898. The molecule has 0 bridgehead atoms. The fourth-order valence-corrected chi connectivity index (χ4v) is 2.69. The van der Waals surface area contributed by atoms with Crippen molar-refractivity contribution in [3.63, 3.8) is 0 Å². The summed E-state index contributed by atoms with van der Waals surface area (Å²) in [4.78, 5) is 0. The number of hydrogen-bond donors (Lipinski definition) is 1. The summed E-state index contributed by atoms with van der Waals surface area (Å²) in [7, 11) is -3.20. The number of ether oxygens (including phenoxy) is 1. The van der Waals surface area contributed by atoms with E-state index >= 15 is 0 Å². The summed E-state index contributed by atoms with van der Waals surface area (Å²) in [5.41, 5.74) is 0.